The van der Waals surface area contributed by atoms with Crippen molar-refractivity contribution in [1.82, 2.24) is 0 Å². The highest BCUT2D eigenvalue weighted by Gasteiger charge is 2.03. The van der Waals surface area contributed by atoms with Crippen molar-refractivity contribution in [3.05, 3.63) is 41.9 Å². The molecule has 3 heteroatoms. The van der Waals surface area contributed by atoms with Crippen LogP contribution in [0.25, 0.3) is 0 Å². The summed E-state index contributed by atoms with van der Waals surface area (Å²) in [5.74, 6) is 0. The van der Waals surface area contributed by atoms with E-state index in [-0.39, 0.29) is 12.6 Å². The minimum atomic E-state index is -0.153. The summed E-state index contributed by atoms with van der Waals surface area (Å²) in [4.78, 5) is 0. The Balaban J connectivity index is 2.73. The van der Waals surface area contributed by atoms with Gasteiger partial charge in [0.1, 0.15) is 0 Å². The molecule has 0 aliphatic carbocycles. The van der Waals surface area contributed by atoms with Crippen LogP contribution in [-0.2, 0) is 0 Å². The molecule has 70 valence electrons. The number of hydrogen-bond donors (Lipinski definition) is 2. The van der Waals surface area contributed by atoms with Crippen LogP contribution in [0.1, 0.15) is 0 Å². The first kappa shape index (κ1) is 10.1. The fourth-order valence-electron chi connectivity index (χ4n) is 0.957. The molecule has 1 rings (SSSR count). The van der Waals surface area contributed by atoms with Crippen LogP contribution < -0.4 is 5.32 Å². The predicted octanol–water partition coefficient (Wildman–Crippen LogP) is 2.30. The Bertz CT molecular complexity index is 288. The van der Waals surface area contributed by atoms with E-state index in [1.54, 1.807) is 12.1 Å². The lowest BCUT2D eigenvalue weighted by atomic mass is 10.2. The van der Waals surface area contributed by atoms with Gasteiger partial charge in [-0.15, -0.1) is 6.58 Å². The zero-order valence-corrected chi connectivity index (χ0v) is 7.96. The maximum Gasteiger partial charge on any atom is 0.0673 e. The zero-order chi connectivity index (χ0) is 9.68. The number of anilines is 1. The monoisotopic (exact) mass is 197 g/mol. The second-order valence-corrected chi connectivity index (χ2v) is 3.06. The lowest BCUT2D eigenvalue weighted by molar-refractivity contribution is 0.291. The Morgan fingerprint density at radius 2 is 2.23 bits per heavy atom. The molecule has 0 bridgehead atoms. The maximum atomic E-state index is 8.90. The van der Waals surface area contributed by atoms with E-state index in [1.807, 2.05) is 18.2 Å². The van der Waals surface area contributed by atoms with E-state index >= 15 is 0 Å². The number of rotatable bonds is 4. The fourth-order valence-corrected chi connectivity index (χ4v) is 1.15. The summed E-state index contributed by atoms with van der Waals surface area (Å²) < 4.78 is 0. The quantitative estimate of drug-likeness (QED) is 0.726. The smallest absolute Gasteiger partial charge is 0.0673 e. The van der Waals surface area contributed by atoms with E-state index in [0.717, 1.165) is 5.69 Å². The van der Waals surface area contributed by atoms with E-state index in [4.69, 9.17) is 16.7 Å². The van der Waals surface area contributed by atoms with Gasteiger partial charge in [0.05, 0.1) is 23.4 Å². The Kier molecular flexibility index (Phi) is 3.80. The minimum Gasteiger partial charge on any atom is -0.394 e. The van der Waals surface area contributed by atoms with Crippen LogP contribution >= 0.6 is 11.6 Å². The molecule has 0 saturated carbocycles. The van der Waals surface area contributed by atoms with E-state index in [2.05, 4.69) is 11.9 Å². The van der Waals surface area contributed by atoms with Crippen molar-refractivity contribution in [2.24, 2.45) is 0 Å². The largest absolute Gasteiger partial charge is 0.394 e. The van der Waals surface area contributed by atoms with Gasteiger partial charge in [0.2, 0.25) is 0 Å². The van der Waals surface area contributed by atoms with Gasteiger partial charge in [-0.3, -0.25) is 0 Å². The Morgan fingerprint density at radius 1 is 1.54 bits per heavy atom. The molecule has 1 aromatic carbocycles. The molecule has 1 atom stereocenters. The van der Waals surface area contributed by atoms with Gasteiger partial charge in [-0.25, -0.2) is 0 Å². The van der Waals surface area contributed by atoms with Crippen LogP contribution in [0.4, 0.5) is 5.69 Å². The lowest BCUT2D eigenvalue weighted by Gasteiger charge is -2.13. The molecule has 13 heavy (non-hydrogen) atoms. The molecule has 0 heterocycles. The molecule has 0 amide bonds. The molecule has 0 saturated heterocycles. The Labute approximate surface area is 82.8 Å². The van der Waals surface area contributed by atoms with Crippen molar-refractivity contribution in [2.75, 3.05) is 11.9 Å². The number of nitrogens with one attached hydrogen (secondary N) is 1. The standard InChI is InChI=1S/C10H12ClNO/c1-2-8(7-13)12-10-6-4-3-5-9(10)11/h2-6,8,12-13H,1,7H2. The SMILES string of the molecule is C=CC(CO)Nc1ccccc1Cl. The van der Waals surface area contributed by atoms with Crippen molar-refractivity contribution in [3.63, 3.8) is 0 Å². The van der Waals surface area contributed by atoms with Gasteiger partial charge in [0, 0.05) is 0 Å². The minimum absolute atomic E-state index is 0.00865. The molecule has 2 nitrogen and oxygen atoms in total. The van der Waals surface area contributed by atoms with Crippen molar-refractivity contribution < 1.29 is 5.11 Å². The highest BCUT2D eigenvalue weighted by atomic mass is 35.5. The molecule has 0 aliphatic heterocycles. The first-order valence-corrected chi connectivity index (χ1v) is 4.40. The lowest BCUT2D eigenvalue weighted by Crippen LogP contribution is -2.20. The fraction of sp³-hybridized carbons (Fsp3) is 0.200. The molecule has 0 spiro atoms. The van der Waals surface area contributed by atoms with E-state index in [0.29, 0.717) is 5.02 Å². The molecule has 1 aromatic rings. The van der Waals surface area contributed by atoms with Crippen molar-refractivity contribution >= 4 is 17.3 Å². The molecule has 0 aromatic heterocycles. The third-order valence-corrected chi connectivity index (χ3v) is 2.03. The average Bonchev–Trinajstić information content (AvgIpc) is 2.17. The number of para-hydroxylation sites is 1. The highest BCUT2D eigenvalue weighted by molar-refractivity contribution is 6.33. The van der Waals surface area contributed by atoms with E-state index in [1.165, 1.54) is 0 Å². The van der Waals surface area contributed by atoms with Gasteiger partial charge in [0.15, 0.2) is 0 Å². The summed E-state index contributed by atoms with van der Waals surface area (Å²) in [6.07, 6.45) is 1.64. The average molecular weight is 198 g/mol. The summed E-state index contributed by atoms with van der Waals surface area (Å²) in [6.45, 7) is 3.60. The Morgan fingerprint density at radius 3 is 2.77 bits per heavy atom. The third kappa shape index (κ3) is 2.76. The molecule has 2 N–H and O–H groups in total. The van der Waals surface area contributed by atoms with Crippen LogP contribution in [0, 0.1) is 0 Å². The van der Waals surface area contributed by atoms with Crippen LogP contribution in [0.15, 0.2) is 36.9 Å². The second kappa shape index (κ2) is 4.90. The summed E-state index contributed by atoms with van der Waals surface area (Å²) in [5.41, 5.74) is 0.808. The van der Waals surface area contributed by atoms with Gasteiger partial charge in [0.25, 0.3) is 0 Å². The third-order valence-electron chi connectivity index (χ3n) is 1.70. The molecular weight excluding hydrogens is 186 g/mol. The summed E-state index contributed by atoms with van der Waals surface area (Å²) in [5, 5.41) is 12.6. The number of halogens is 1. The van der Waals surface area contributed by atoms with E-state index < -0.39 is 0 Å². The maximum absolute atomic E-state index is 8.90. The first-order valence-electron chi connectivity index (χ1n) is 4.02. The molecule has 1 unspecified atom stereocenters. The summed E-state index contributed by atoms with van der Waals surface area (Å²) in [6, 6.07) is 7.23. The van der Waals surface area contributed by atoms with Crippen LogP contribution in [0.2, 0.25) is 5.02 Å². The van der Waals surface area contributed by atoms with E-state index in [9.17, 15) is 0 Å². The van der Waals surface area contributed by atoms with Gasteiger partial charge in [-0.1, -0.05) is 29.8 Å². The number of benzene rings is 1. The van der Waals surface area contributed by atoms with Gasteiger partial charge < -0.3 is 10.4 Å². The van der Waals surface area contributed by atoms with Crippen LogP contribution in [0.5, 0.6) is 0 Å². The van der Waals surface area contributed by atoms with Gasteiger partial charge in [-0.2, -0.15) is 0 Å². The zero-order valence-electron chi connectivity index (χ0n) is 7.20. The molecule has 0 aliphatic rings. The first-order chi connectivity index (χ1) is 6.27. The molecule has 0 fully saturated rings. The number of aliphatic hydroxyl groups excluding tert-OH is 1. The van der Waals surface area contributed by atoms with Crippen molar-refractivity contribution in [3.8, 4) is 0 Å². The van der Waals surface area contributed by atoms with Crippen LogP contribution in [0.3, 0.4) is 0 Å². The predicted molar refractivity (Wildman–Crippen MR) is 56.1 cm³/mol. The van der Waals surface area contributed by atoms with Gasteiger partial charge in [-0.05, 0) is 12.1 Å². The topological polar surface area (TPSA) is 32.3 Å². The number of hydrogen-bond acceptors (Lipinski definition) is 2. The van der Waals surface area contributed by atoms with Crippen molar-refractivity contribution in [1.29, 1.82) is 0 Å². The summed E-state index contributed by atoms with van der Waals surface area (Å²) >= 11 is 5.90. The van der Waals surface area contributed by atoms with Gasteiger partial charge >= 0.3 is 0 Å². The number of aliphatic hydroxyl groups is 1. The van der Waals surface area contributed by atoms with Crippen molar-refractivity contribution in [2.45, 2.75) is 6.04 Å². The highest BCUT2D eigenvalue weighted by Crippen LogP contribution is 2.21. The summed E-state index contributed by atoms with van der Waals surface area (Å²) in [7, 11) is 0. The second-order valence-electron chi connectivity index (χ2n) is 2.65. The normalized spacial score (nSPS) is 12.2. The van der Waals surface area contributed by atoms with Crippen LogP contribution in [-0.4, -0.2) is 17.8 Å². The Hall–Kier alpha value is -0.990. The molecule has 0 radical (unpaired) electrons. The molecular formula is C10H12ClNO.